The van der Waals surface area contributed by atoms with Crippen LogP contribution < -0.4 is 4.74 Å². The maximum Gasteiger partial charge on any atom is 0.335 e. The molecule has 1 saturated heterocycles. The van der Waals surface area contributed by atoms with Crippen molar-refractivity contribution in [1.82, 2.24) is 9.88 Å². The Morgan fingerprint density at radius 2 is 2.00 bits per heavy atom. The molecule has 152 valence electrons. The fourth-order valence-electron chi connectivity index (χ4n) is 4.79. The Morgan fingerprint density at radius 3 is 2.69 bits per heavy atom. The number of aryl methyl sites for hydroxylation is 1. The number of H-pyrrole nitrogens is 1. The number of nitrogens with one attached hydrogen (secondary N) is 1. The summed E-state index contributed by atoms with van der Waals surface area (Å²) in [5.41, 5.74) is 5.06. The zero-order valence-electron chi connectivity index (χ0n) is 17.2. The van der Waals surface area contributed by atoms with E-state index >= 15 is 0 Å². The van der Waals surface area contributed by atoms with Crippen molar-refractivity contribution in [2.45, 2.75) is 45.2 Å². The lowest BCUT2D eigenvalue weighted by atomic mass is 9.90. The third-order valence-electron chi connectivity index (χ3n) is 6.27. The first-order chi connectivity index (χ1) is 14.0. The second-order valence-electron chi connectivity index (χ2n) is 7.93. The number of aromatic carboxylic acids is 1. The molecule has 29 heavy (non-hydrogen) atoms. The summed E-state index contributed by atoms with van der Waals surface area (Å²) in [6.45, 7) is 5.36. The molecule has 2 atom stereocenters. The van der Waals surface area contributed by atoms with Gasteiger partial charge < -0.3 is 14.8 Å². The minimum atomic E-state index is -0.885. The number of carbonyl (C=O) groups is 1. The summed E-state index contributed by atoms with van der Waals surface area (Å²) in [4.78, 5) is 17.1. The first-order valence-corrected chi connectivity index (χ1v) is 10.2. The lowest BCUT2D eigenvalue weighted by Crippen LogP contribution is -2.35. The van der Waals surface area contributed by atoms with Gasteiger partial charge in [-0.25, -0.2) is 4.79 Å². The third-order valence-corrected chi connectivity index (χ3v) is 6.27. The Balaban J connectivity index is 1.74. The first kappa shape index (κ1) is 19.5. The van der Waals surface area contributed by atoms with Gasteiger partial charge in [-0.05, 0) is 68.6 Å². The molecule has 3 aromatic rings. The van der Waals surface area contributed by atoms with Gasteiger partial charge in [0.05, 0.1) is 12.7 Å². The fraction of sp³-hybridized carbons (Fsp3) is 0.375. The van der Waals surface area contributed by atoms with Crippen molar-refractivity contribution in [1.29, 1.82) is 0 Å². The number of aromatic nitrogens is 1. The normalized spacial score (nSPS) is 18.7. The van der Waals surface area contributed by atoms with Crippen molar-refractivity contribution in [3.05, 3.63) is 64.8 Å². The van der Waals surface area contributed by atoms with Crippen LogP contribution in [-0.2, 0) is 0 Å². The van der Waals surface area contributed by atoms with E-state index in [9.17, 15) is 9.90 Å². The van der Waals surface area contributed by atoms with Crippen molar-refractivity contribution < 1.29 is 14.6 Å². The number of likely N-dealkylation sites (tertiary alicyclic amines) is 1. The quantitative estimate of drug-likeness (QED) is 0.604. The number of ether oxygens (including phenoxy) is 1. The minimum absolute atomic E-state index is 0.174. The van der Waals surface area contributed by atoms with Gasteiger partial charge in [-0.1, -0.05) is 18.6 Å². The Morgan fingerprint density at radius 1 is 1.24 bits per heavy atom. The lowest BCUT2D eigenvalue weighted by molar-refractivity contribution is 0.0696. The van der Waals surface area contributed by atoms with Crippen LogP contribution in [0.5, 0.6) is 5.75 Å². The van der Waals surface area contributed by atoms with Gasteiger partial charge in [-0.15, -0.1) is 0 Å². The summed E-state index contributed by atoms with van der Waals surface area (Å²) in [6.07, 6.45) is 5.41. The Hall–Kier alpha value is -2.79. The van der Waals surface area contributed by atoms with Crippen molar-refractivity contribution in [2.75, 3.05) is 13.7 Å². The molecular weight excluding hydrogens is 364 g/mol. The summed E-state index contributed by atoms with van der Waals surface area (Å²) < 4.78 is 5.79. The molecule has 1 unspecified atom stereocenters. The molecular formula is C24H28N2O3. The number of carboxylic acid groups (broad SMARTS) is 1. The standard InChI is InChI=1S/C24H28N2O3/c1-15-14-21(29-3)22(19-11-12-25-23(15)19)16(2)26-13-5-4-6-20(26)17-7-9-18(10-8-17)24(27)28/h7-12,14,16,20,25H,4-6,13H2,1-3H3,(H,27,28)/t16?,20-/m0/s1. The summed E-state index contributed by atoms with van der Waals surface area (Å²) >= 11 is 0. The molecule has 1 aliphatic heterocycles. The maximum absolute atomic E-state index is 11.2. The number of nitrogens with zero attached hydrogens (tertiary/aromatic N) is 1. The molecule has 1 aromatic heterocycles. The van der Waals surface area contributed by atoms with Crippen molar-refractivity contribution in [3.63, 3.8) is 0 Å². The zero-order valence-corrected chi connectivity index (χ0v) is 17.2. The topological polar surface area (TPSA) is 65.6 Å². The molecule has 5 heteroatoms. The van der Waals surface area contributed by atoms with Gasteiger partial charge in [-0.3, -0.25) is 4.90 Å². The second kappa shape index (κ2) is 7.91. The van der Waals surface area contributed by atoms with Crippen LogP contribution in [0.25, 0.3) is 10.9 Å². The van der Waals surface area contributed by atoms with E-state index in [1.165, 1.54) is 34.9 Å². The van der Waals surface area contributed by atoms with E-state index in [0.717, 1.165) is 24.2 Å². The van der Waals surface area contributed by atoms with E-state index in [2.05, 4.69) is 35.9 Å². The molecule has 5 nitrogen and oxygen atoms in total. The molecule has 2 N–H and O–H groups in total. The van der Waals surface area contributed by atoms with E-state index in [-0.39, 0.29) is 12.1 Å². The SMILES string of the molecule is COc1cc(C)c2[nH]ccc2c1C(C)N1CCCC[C@H]1c1ccc(C(=O)O)cc1. The minimum Gasteiger partial charge on any atom is -0.496 e. The molecule has 0 amide bonds. The highest BCUT2D eigenvalue weighted by molar-refractivity contribution is 5.89. The maximum atomic E-state index is 11.2. The number of hydrogen-bond donors (Lipinski definition) is 2. The van der Waals surface area contributed by atoms with Gasteiger partial charge in [0.15, 0.2) is 0 Å². The van der Waals surface area contributed by atoms with E-state index in [1.807, 2.05) is 18.3 Å². The van der Waals surface area contributed by atoms with Crippen molar-refractivity contribution >= 4 is 16.9 Å². The second-order valence-corrected chi connectivity index (χ2v) is 7.93. The summed E-state index contributed by atoms with van der Waals surface area (Å²) in [5.74, 6) is 0.0392. The number of carboxylic acids is 1. The summed E-state index contributed by atoms with van der Waals surface area (Å²) in [6, 6.07) is 12.1. The van der Waals surface area contributed by atoms with Crippen LogP contribution in [0.1, 0.15) is 65.3 Å². The molecule has 0 saturated carbocycles. The molecule has 0 spiro atoms. The molecule has 0 radical (unpaired) electrons. The number of piperidine rings is 1. The van der Waals surface area contributed by atoms with Gasteiger partial charge in [-0.2, -0.15) is 0 Å². The number of aromatic amines is 1. The highest BCUT2D eigenvalue weighted by Crippen LogP contribution is 2.43. The van der Waals surface area contributed by atoms with Crippen LogP contribution in [0.3, 0.4) is 0 Å². The zero-order chi connectivity index (χ0) is 20.5. The third kappa shape index (κ3) is 3.51. The number of methoxy groups -OCH3 is 1. The highest BCUT2D eigenvalue weighted by atomic mass is 16.5. The first-order valence-electron chi connectivity index (χ1n) is 10.2. The largest absolute Gasteiger partial charge is 0.496 e. The monoisotopic (exact) mass is 392 g/mol. The van der Waals surface area contributed by atoms with E-state index in [0.29, 0.717) is 5.56 Å². The Labute approximate surface area is 171 Å². The summed E-state index contributed by atoms with van der Waals surface area (Å²) in [7, 11) is 1.74. The molecule has 0 bridgehead atoms. The lowest BCUT2D eigenvalue weighted by Gasteiger charge is -2.41. The van der Waals surface area contributed by atoms with Gasteiger partial charge in [0.2, 0.25) is 0 Å². The molecule has 4 rings (SSSR count). The highest BCUT2D eigenvalue weighted by Gasteiger charge is 2.31. The smallest absolute Gasteiger partial charge is 0.335 e. The predicted octanol–water partition coefficient (Wildman–Crippen LogP) is 5.47. The Kier molecular flexibility index (Phi) is 5.33. The van der Waals surface area contributed by atoms with Gasteiger partial charge in [0.25, 0.3) is 0 Å². The van der Waals surface area contributed by atoms with E-state index in [4.69, 9.17) is 4.74 Å². The van der Waals surface area contributed by atoms with Crippen molar-refractivity contribution in [2.24, 2.45) is 0 Å². The number of rotatable bonds is 5. The van der Waals surface area contributed by atoms with E-state index < -0.39 is 5.97 Å². The molecule has 1 aliphatic rings. The Bertz CT molecular complexity index is 1020. The summed E-state index contributed by atoms with van der Waals surface area (Å²) in [5, 5.41) is 10.4. The van der Waals surface area contributed by atoms with Crippen LogP contribution in [0.4, 0.5) is 0 Å². The average Bonchev–Trinajstić information content (AvgIpc) is 3.23. The number of benzene rings is 2. The molecule has 0 aliphatic carbocycles. The van der Waals surface area contributed by atoms with Crippen LogP contribution in [-0.4, -0.2) is 34.6 Å². The predicted molar refractivity (Wildman–Crippen MR) is 115 cm³/mol. The van der Waals surface area contributed by atoms with Gasteiger partial charge in [0.1, 0.15) is 5.75 Å². The van der Waals surface area contributed by atoms with Crippen molar-refractivity contribution in [3.8, 4) is 5.75 Å². The van der Waals surface area contributed by atoms with Gasteiger partial charge in [0, 0.05) is 34.7 Å². The number of hydrogen-bond acceptors (Lipinski definition) is 3. The molecule has 2 heterocycles. The fourth-order valence-corrected chi connectivity index (χ4v) is 4.79. The molecule has 2 aromatic carbocycles. The number of fused-ring (bicyclic) bond motifs is 1. The van der Waals surface area contributed by atoms with Crippen LogP contribution in [0.2, 0.25) is 0 Å². The molecule has 1 fully saturated rings. The van der Waals surface area contributed by atoms with Crippen LogP contribution in [0.15, 0.2) is 42.6 Å². The van der Waals surface area contributed by atoms with Crippen LogP contribution >= 0.6 is 0 Å². The van der Waals surface area contributed by atoms with E-state index in [1.54, 1.807) is 19.2 Å². The van der Waals surface area contributed by atoms with Gasteiger partial charge >= 0.3 is 5.97 Å². The van der Waals surface area contributed by atoms with Crippen LogP contribution in [0, 0.1) is 6.92 Å². The average molecular weight is 392 g/mol.